The van der Waals surface area contributed by atoms with Gasteiger partial charge in [-0.25, -0.2) is 0 Å². The van der Waals surface area contributed by atoms with Crippen LogP contribution in [0.3, 0.4) is 0 Å². The number of hydrogen-bond donors (Lipinski definition) is 0. The van der Waals surface area contributed by atoms with Gasteiger partial charge in [0.1, 0.15) is 25.4 Å². The fraction of sp³-hybridized carbons (Fsp3) is 0.722. The molecule has 212 valence electrons. The van der Waals surface area contributed by atoms with Crippen LogP contribution in [-0.4, -0.2) is 38.6 Å². The zero-order chi connectivity index (χ0) is 26.1. The second-order valence-electron chi connectivity index (χ2n) is 15.9. The first kappa shape index (κ1) is 23.7. The number of ether oxygens (including phenoxy) is 4. The van der Waals surface area contributed by atoms with Crippen LogP contribution >= 0.6 is 0 Å². The third-order valence-corrected chi connectivity index (χ3v) is 12.9. The SMILES string of the molecule is c1cc2c(OCC3CO3)c(OCC3CO3)c(C34CC5CC(CC(C5)C3)C4)cc2cc1C12CC3CC(CC(C3)C1)C2. The van der Waals surface area contributed by atoms with Gasteiger partial charge in [-0.3, -0.25) is 0 Å². The lowest BCUT2D eigenvalue weighted by Gasteiger charge is -2.57. The minimum absolute atomic E-state index is 0.226. The Morgan fingerprint density at radius 1 is 0.600 bits per heavy atom. The Hall–Kier alpha value is -1.78. The number of epoxide rings is 2. The highest BCUT2D eigenvalue weighted by Gasteiger charge is 2.54. The average Bonchev–Trinajstić information content (AvgIpc) is 3.84. The van der Waals surface area contributed by atoms with Crippen LogP contribution in [0.1, 0.15) is 88.2 Å². The summed E-state index contributed by atoms with van der Waals surface area (Å²) in [5.41, 5.74) is 3.74. The summed E-state index contributed by atoms with van der Waals surface area (Å²) in [5.74, 6) is 7.58. The van der Waals surface area contributed by atoms with Crippen LogP contribution in [0.4, 0.5) is 0 Å². The Kier molecular flexibility index (Phi) is 4.99. The van der Waals surface area contributed by atoms with E-state index in [-0.39, 0.29) is 17.6 Å². The van der Waals surface area contributed by atoms with Crippen LogP contribution in [0, 0.1) is 35.5 Å². The van der Waals surface area contributed by atoms with Gasteiger partial charge in [-0.15, -0.1) is 0 Å². The molecule has 4 heteroatoms. The van der Waals surface area contributed by atoms with Gasteiger partial charge in [-0.05, 0) is 140 Å². The van der Waals surface area contributed by atoms with Crippen molar-refractivity contribution in [1.29, 1.82) is 0 Å². The molecule has 10 aliphatic rings. The van der Waals surface area contributed by atoms with Gasteiger partial charge >= 0.3 is 0 Å². The monoisotopic (exact) mass is 540 g/mol. The van der Waals surface area contributed by atoms with E-state index in [4.69, 9.17) is 18.9 Å². The van der Waals surface area contributed by atoms with E-state index in [1.165, 1.54) is 93.4 Å². The second kappa shape index (κ2) is 8.40. The minimum atomic E-state index is 0.226. The number of benzene rings is 2. The van der Waals surface area contributed by atoms with Gasteiger partial charge in [0.15, 0.2) is 11.5 Å². The highest BCUT2D eigenvalue weighted by Crippen LogP contribution is 2.64. The molecule has 2 aliphatic heterocycles. The summed E-state index contributed by atoms with van der Waals surface area (Å²) >= 11 is 0. The molecule has 2 unspecified atom stereocenters. The quantitative estimate of drug-likeness (QED) is 0.329. The lowest BCUT2D eigenvalue weighted by Crippen LogP contribution is -2.48. The van der Waals surface area contributed by atoms with Gasteiger partial charge in [0, 0.05) is 10.9 Å². The highest BCUT2D eigenvalue weighted by molar-refractivity contribution is 5.93. The van der Waals surface area contributed by atoms with Crippen molar-refractivity contribution in [2.45, 2.75) is 100 Å². The molecule has 0 N–H and O–H groups in total. The van der Waals surface area contributed by atoms with Crippen molar-refractivity contribution in [3.05, 3.63) is 35.4 Å². The van der Waals surface area contributed by atoms with Crippen LogP contribution in [0.15, 0.2) is 24.3 Å². The molecule has 2 heterocycles. The molecule has 8 bridgehead atoms. The van der Waals surface area contributed by atoms with Crippen molar-refractivity contribution >= 4 is 10.8 Å². The Labute approximate surface area is 238 Å². The normalized spacial score (nSPS) is 45.3. The summed E-state index contributed by atoms with van der Waals surface area (Å²) in [6.07, 6.45) is 17.6. The van der Waals surface area contributed by atoms with E-state index in [9.17, 15) is 0 Å². The molecule has 2 aromatic rings. The van der Waals surface area contributed by atoms with Crippen molar-refractivity contribution in [3.63, 3.8) is 0 Å². The molecule has 12 rings (SSSR count). The Morgan fingerprint density at radius 2 is 1.07 bits per heavy atom. The molecule has 0 spiro atoms. The van der Waals surface area contributed by atoms with Crippen LogP contribution in [0.25, 0.3) is 10.8 Å². The van der Waals surface area contributed by atoms with Crippen molar-refractivity contribution in [2.75, 3.05) is 26.4 Å². The van der Waals surface area contributed by atoms with Crippen molar-refractivity contribution in [3.8, 4) is 11.5 Å². The van der Waals surface area contributed by atoms with Crippen molar-refractivity contribution < 1.29 is 18.9 Å². The molecule has 2 saturated heterocycles. The Balaban J connectivity index is 1.13. The maximum atomic E-state index is 6.78. The molecular weight excluding hydrogens is 496 g/mol. The molecule has 0 radical (unpaired) electrons. The summed E-state index contributed by atoms with van der Waals surface area (Å²) in [7, 11) is 0. The van der Waals surface area contributed by atoms with Gasteiger partial charge < -0.3 is 18.9 Å². The lowest BCUT2D eigenvalue weighted by molar-refractivity contribution is -0.00656. The summed E-state index contributed by atoms with van der Waals surface area (Å²) in [5, 5.41) is 2.62. The van der Waals surface area contributed by atoms with E-state index in [1.54, 1.807) is 5.56 Å². The van der Waals surface area contributed by atoms with E-state index in [0.29, 0.717) is 18.6 Å². The van der Waals surface area contributed by atoms with Gasteiger partial charge in [0.2, 0.25) is 0 Å². The first-order chi connectivity index (χ1) is 19.6. The number of hydrogen-bond acceptors (Lipinski definition) is 4. The number of fused-ring (bicyclic) bond motifs is 1. The van der Waals surface area contributed by atoms with E-state index in [2.05, 4.69) is 24.3 Å². The van der Waals surface area contributed by atoms with Crippen LogP contribution < -0.4 is 9.47 Å². The largest absolute Gasteiger partial charge is 0.487 e. The molecule has 40 heavy (non-hydrogen) atoms. The van der Waals surface area contributed by atoms with E-state index in [0.717, 1.165) is 60.2 Å². The molecule has 2 aromatic carbocycles. The fourth-order valence-corrected chi connectivity index (χ4v) is 12.0. The predicted molar refractivity (Wildman–Crippen MR) is 154 cm³/mol. The minimum Gasteiger partial charge on any atom is -0.487 e. The molecule has 10 fully saturated rings. The first-order valence-corrected chi connectivity index (χ1v) is 16.7. The molecule has 0 aromatic heterocycles. The Bertz CT molecular complexity index is 1280. The predicted octanol–water partition coefficient (Wildman–Crippen LogP) is 7.33. The topological polar surface area (TPSA) is 43.5 Å². The zero-order valence-corrected chi connectivity index (χ0v) is 23.9. The van der Waals surface area contributed by atoms with E-state index in [1.807, 2.05) is 0 Å². The lowest BCUT2D eigenvalue weighted by atomic mass is 9.47. The maximum absolute atomic E-state index is 6.78. The van der Waals surface area contributed by atoms with Gasteiger partial charge in [0.05, 0.1) is 13.2 Å². The molecule has 0 amide bonds. The van der Waals surface area contributed by atoms with Crippen molar-refractivity contribution in [2.24, 2.45) is 35.5 Å². The number of rotatable bonds is 8. The molecule has 8 aliphatic carbocycles. The van der Waals surface area contributed by atoms with Crippen molar-refractivity contribution in [1.82, 2.24) is 0 Å². The standard InChI is InChI=1S/C36H44O4/c1-2-31-27(9-28(1)35-11-21-3-22(12-35)5-23(4-21)13-35)10-32(36-14-24-6-25(15-36)8-26(7-24)16-36)34(40-20-30-18-38-30)33(31)39-19-29-17-37-29/h1-2,9-10,21-26,29-30H,3-8,11-20H2. The summed E-state index contributed by atoms with van der Waals surface area (Å²) in [4.78, 5) is 0. The second-order valence-corrected chi connectivity index (χ2v) is 15.9. The average molecular weight is 541 g/mol. The Morgan fingerprint density at radius 3 is 1.57 bits per heavy atom. The third kappa shape index (κ3) is 3.77. The smallest absolute Gasteiger partial charge is 0.169 e. The summed E-state index contributed by atoms with van der Waals surface area (Å²) in [6.45, 7) is 2.88. The molecular formula is C36H44O4. The van der Waals surface area contributed by atoms with Crippen LogP contribution in [0.2, 0.25) is 0 Å². The van der Waals surface area contributed by atoms with Crippen LogP contribution in [0.5, 0.6) is 11.5 Å². The van der Waals surface area contributed by atoms with Gasteiger partial charge in [0.25, 0.3) is 0 Å². The molecule has 4 nitrogen and oxygen atoms in total. The fourth-order valence-electron chi connectivity index (χ4n) is 12.0. The molecule has 2 atom stereocenters. The van der Waals surface area contributed by atoms with Gasteiger partial charge in [-0.2, -0.15) is 0 Å². The van der Waals surface area contributed by atoms with E-state index >= 15 is 0 Å². The highest BCUT2D eigenvalue weighted by atomic mass is 16.6. The molecule has 8 saturated carbocycles. The summed E-state index contributed by atoms with van der Waals surface area (Å²) < 4.78 is 24.7. The first-order valence-electron chi connectivity index (χ1n) is 16.7. The zero-order valence-electron chi connectivity index (χ0n) is 23.9. The van der Waals surface area contributed by atoms with E-state index < -0.39 is 0 Å². The third-order valence-electron chi connectivity index (χ3n) is 12.9. The summed E-state index contributed by atoms with van der Waals surface area (Å²) in [6, 6.07) is 10.1. The maximum Gasteiger partial charge on any atom is 0.169 e. The van der Waals surface area contributed by atoms with Gasteiger partial charge in [-0.1, -0.05) is 18.2 Å². The van der Waals surface area contributed by atoms with Crippen LogP contribution in [-0.2, 0) is 20.3 Å².